The summed E-state index contributed by atoms with van der Waals surface area (Å²) in [5.74, 6) is 0.000255. The third kappa shape index (κ3) is 2.95. The van der Waals surface area contributed by atoms with Gasteiger partial charge in [0.1, 0.15) is 5.69 Å². The van der Waals surface area contributed by atoms with E-state index in [1.54, 1.807) is 17.1 Å². The first-order chi connectivity index (χ1) is 10.1. The van der Waals surface area contributed by atoms with Crippen molar-refractivity contribution >= 4 is 17.5 Å². The average molecular weight is 304 g/mol. The Hall–Kier alpha value is -1.81. The Bertz CT molecular complexity index is 652. The zero-order valence-corrected chi connectivity index (χ0v) is 12.8. The second kappa shape index (κ2) is 5.90. The van der Waals surface area contributed by atoms with Crippen LogP contribution in [0.25, 0.3) is 0 Å². The van der Waals surface area contributed by atoms with Crippen molar-refractivity contribution in [1.82, 2.24) is 14.5 Å². The molecule has 1 amide bonds. The highest BCUT2D eigenvalue weighted by molar-refractivity contribution is 6.30. The Labute approximate surface area is 129 Å². The van der Waals surface area contributed by atoms with Crippen molar-refractivity contribution in [2.45, 2.75) is 25.3 Å². The Kier molecular flexibility index (Phi) is 3.97. The molecule has 110 valence electrons. The number of carbonyl (C=O) groups is 1. The predicted octanol–water partition coefficient (Wildman–Crippen LogP) is 3.44. The molecule has 0 aliphatic carbocycles. The first kappa shape index (κ1) is 14.1. The number of halogens is 1. The van der Waals surface area contributed by atoms with Crippen LogP contribution < -0.4 is 0 Å². The lowest BCUT2D eigenvalue weighted by Gasteiger charge is -2.35. The van der Waals surface area contributed by atoms with Gasteiger partial charge in [-0.1, -0.05) is 23.7 Å². The highest BCUT2D eigenvalue weighted by Gasteiger charge is 2.29. The van der Waals surface area contributed by atoms with E-state index in [9.17, 15) is 4.79 Å². The number of piperidine rings is 1. The standard InChI is InChI=1S/C16H18ClN3O/c1-19-10-14(18-11-19)16(21)20-8-3-2-7-15(20)12-5-4-6-13(17)9-12/h4-6,9-11,15H,2-3,7-8H2,1H3. The van der Waals surface area contributed by atoms with Crippen LogP contribution in [0, 0.1) is 0 Å². The molecular formula is C16H18ClN3O. The zero-order valence-electron chi connectivity index (χ0n) is 12.0. The highest BCUT2D eigenvalue weighted by Crippen LogP contribution is 2.32. The van der Waals surface area contributed by atoms with Gasteiger partial charge in [-0.2, -0.15) is 0 Å². The monoisotopic (exact) mass is 303 g/mol. The molecule has 1 saturated heterocycles. The van der Waals surface area contributed by atoms with Crippen molar-refractivity contribution in [1.29, 1.82) is 0 Å². The molecule has 4 nitrogen and oxygen atoms in total. The van der Waals surface area contributed by atoms with Gasteiger partial charge in [-0.15, -0.1) is 0 Å². The molecule has 21 heavy (non-hydrogen) atoms. The summed E-state index contributed by atoms with van der Waals surface area (Å²) in [6.07, 6.45) is 6.56. The number of rotatable bonds is 2. The number of amides is 1. The molecule has 2 aromatic rings. The number of aryl methyl sites for hydroxylation is 1. The molecule has 1 fully saturated rings. The number of hydrogen-bond donors (Lipinski definition) is 0. The highest BCUT2D eigenvalue weighted by atomic mass is 35.5. The van der Waals surface area contributed by atoms with Crippen molar-refractivity contribution in [2.24, 2.45) is 7.05 Å². The number of benzene rings is 1. The molecule has 1 aromatic heterocycles. The normalized spacial score (nSPS) is 18.8. The van der Waals surface area contributed by atoms with Crippen LogP contribution >= 0.6 is 11.6 Å². The van der Waals surface area contributed by atoms with Gasteiger partial charge in [0.15, 0.2) is 0 Å². The second-order valence-electron chi connectivity index (χ2n) is 5.49. The van der Waals surface area contributed by atoms with Gasteiger partial charge >= 0.3 is 0 Å². The van der Waals surface area contributed by atoms with Crippen LogP contribution in [0.5, 0.6) is 0 Å². The fourth-order valence-corrected chi connectivity index (χ4v) is 3.10. The maximum Gasteiger partial charge on any atom is 0.274 e. The Morgan fingerprint density at radius 1 is 1.38 bits per heavy atom. The molecule has 1 unspecified atom stereocenters. The van der Waals surface area contributed by atoms with Crippen LogP contribution in [0.4, 0.5) is 0 Å². The van der Waals surface area contributed by atoms with Gasteiger partial charge in [-0.05, 0) is 37.0 Å². The first-order valence-corrected chi connectivity index (χ1v) is 7.57. The van der Waals surface area contributed by atoms with E-state index in [4.69, 9.17) is 11.6 Å². The minimum Gasteiger partial charge on any atom is -0.340 e. The summed E-state index contributed by atoms with van der Waals surface area (Å²) < 4.78 is 1.80. The van der Waals surface area contributed by atoms with Gasteiger partial charge in [-0.25, -0.2) is 4.98 Å². The summed E-state index contributed by atoms with van der Waals surface area (Å²) >= 11 is 6.09. The average Bonchev–Trinajstić information content (AvgIpc) is 2.93. The number of imidazole rings is 1. The van der Waals surface area contributed by atoms with E-state index in [-0.39, 0.29) is 11.9 Å². The maximum absolute atomic E-state index is 12.7. The largest absolute Gasteiger partial charge is 0.340 e. The minimum atomic E-state index is 0.000255. The van der Waals surface area contributed by atoms with Crippen LogP contribution in [0.3, 0.4) is 0 Å². The molecule has 1 aliphatic heterocycles. The smallest absolute Gasteiger partial charge is 0.274 e. The molecule has 1 atom stereocenters. The van der Waals surface area contributed by atoms with Gasteiger partial charge in [0.05, 0.1) is 12.4 Å². The first-order valence-electron chi connectivity index (χ1n) is 7.19. The molecule has 1 aromatic carbocycles. The molecule has 5 heteroatoms. The number of aromatic nitrogens is 2. The van der Waals surface area contributed by atoms with Crippen molar-refractivity contribution in [2.75, 3.05) is 6.54 Å². The topological polar surface area (TPSA) is 38.1 Å². The number of hydrogen-bond acceptors (Lipinski definition) is 2. The lowest BCUT2D eigenvalue weighted by Crippen LogP contribution is -2.38. The van der Waals surface area contributed by atoms with Crippen molar-refractivity contribution in [3.8, 4) is 0 Å². The maximum atomic E-state index is 12.7. The SMILES string of the molecule is Cn1cnc(C(=O)N2CCCCC2c2cccc(Cl)c2)c1. The summed E-state index contributed by atoms with van der Waals surface area (Å²) in [5.41, 5.74) is 1.61. The summed E-state index contributed by atoms with van der Waals surface area (Å²) in [6.45, 7) is 0.770. The third-order valence-corrected chi connectivity index (χ3v) is 4.16. The molecule has 0 N–H and O–H groups in total. The van der Waals surface area contributed by atoms with Crippen LogP contribution in [-0.2, 0) is 7.05 Å². The molecule has 3 rings (SSSR count). The van der Waals surface area contributed by atoms with E-state index in [0.29, 0.717) is 10.7 Å². The predicted molar refractivity (Wildman–Crippen MR) is 82.3 cm³/mol. The summed E-state index contributed by atoms with van der Waals surface area (Å²) in [6, 6.07) is 7.89. The van der Waals surface area contributed by atoms with E-state index in [1.807, 2.05) is 36.2 Å². The summed E-state index contributed by atoms with van der Waals surface area (Å²) in [5, 5.41) is 0.711. The van der Waals surface area contributed by atoms with Gasteiger partial charge in [-0.3, -0.25) is 4.79 Å². The van der Waals surface area contributed by atoms with Gasteiger partial charge < -0.3 is 9.47 Å². The zero-order chi connectivity index (χ0) is 14.8. The van der Waals surface area contributed by atoms with Gasteiger partial charge in [0, 0.05) is 24.8 Å². The molecule has 0 spiro atoms. The van der Waals surface area contributed by atoms with Crippen molar-refractivity contribution < 1.29 is 4.79 Å². The lowest BCUT2D eigenvalue weighted by molar-refractivity contribution is 0.0606. The lowest BCUT2D eigenvalue weighted by atomic mass is 9.95. The van der Waals surface area contributed by atoms with Crippen LogP contribution in [0.15, 0.2) is 36.8 Å². The Balaban J connectivity index is 1.89. The van der Waals surface area contributed by atoms with Crippen molar-refractivity contribution in [3.63, 3.8) is 0 Å². The van der Waals surface area contributed by atoms with E-state index >= 15 is 0 Å². The number of carbonyl (C=O) groups excluding carboxylic acids is 1. The summed E-state index contributed by atoms with van der Waals surface area (Å²) in [7, 11) is 1.87. The van der Waals surface area contributed by atoms with Crippen LogP contribution in [-0.4, -0.2) is 26.9 Å². The fraction of sp³-hybridized carbons (Fsp3) is 0.375. The van der Waals surface area contributed by atoms with E-state index < -0.39 is 0 Å². The molecular weight excluding hydrogens is 286 g/mol. The molecule has 0 radical (unpaired) electrons. The fourth-order valence-electron chi connectivity index (χ4n) is 2.91. The molecule has 2 heterocycles. The van der Waals surface area contributed by atoms with Gasteiger partial charge in [0.2, 0.25) is 0 Å². The second-order valence-corrected chi connectivity index (χ2v) is 5.93. The molecule has 0 saturated carbocycles. The quantitative estimate of drug-likeness (QED) is 0.852. The van der Waals surface area contributed by atoms with E-state index in [0.717, 1.165) is 31.4 Å². The van der Waals surface area contributed by atoms with Crippen LogP contribution in [0.2, 0.25) is 5.02 Å². The summed E-state index contributed by atoms with van der Waals surface area (Å²) in [4.78, 5) is 18.8. The Morgan fingerprint density at radius 2 is 2.24 bits per heavy atom. The minimum absolute atomic E-state index is 0.000255. The van der Waals surface area contributed by atoms with Crippen LogP contribution in [0.1, 0.15) is 41.4 Å². The Morgan fingerprint density at radius 3 is 2.95 bits per heavy atom. The van der Waals surface area contributed by atoms with E-state index in [2.05, 4.69) is 4.98 Å². The van der Waals surface area contributed by atoms with E-state index in [1.165, 1.54) is 0 Å². The molecule has 0 bridgehead atoms. The number of likely N-dealkylation sites (tertiary alicyclic amines) is 1. The molecule has 1 aliphatic rings. The van der Waals surface area contributed by atoms with Gasteiger partial charge in [0.25, 0.3) is 5.91 Å². The third-order valence-electron chi connectivity index (χ3n) is 3.92. The van der Waals surface area contributed by atoms with Crippen molar-refractivity contribution in [3.05, 3.63) is 53.1 Å². The number of nitrogens with zero attached hydrogens (tertiary/aromatic N) is 3.